The summed E-state index contributed by atoms with van der Waals surface area (Å²) in [6, 6.07) is 80.6. The van der Waals surface area contributed by atoms with E-state index in [1.807, 2.05) is 0 Å². The average Bonchev–Trinajstić information content (AvgIpc) is 4.22. The predicted molar refractivity (Wildman–Crippen MR) is 260 cm³/mol. The standard InChI is InChI=1S/C25H16.C21H16.C17H16/c1-5-13-21-17(9-1)18-10-2-6-14-22(18)25(21)23-15-7-3-11-19(23)20-12-4-8-16-24(20)25;1-4-10-18-15(7-1)13-14-21(18)19-11-5-2-8-16(19)17-9-3-6-12-20(17)21;1-3-9-15-13(7-1)14-8-2-4-10-16(14)17(15)11-5-6-12-17/h1-16H;1-12H,13-14H2;1-4,7-10H,5-6,11-12H2. The maximum atomic E-state index is 2.35. The van der Waals surface area contributed by atoms with Gasteiger partial charge < -0.3 is 0 Å². The molecule has 9 aromatic carbocycles. The number of hydrogen-bond donors (Lipinski definition) is 0. The van der Waals surface area contributed by atoms with Crippen LogP contribution in [0.5, 0.6) is 0 Å². The van der Waals surface area contributed by atoms with Crippen molar-refractivity contribution in [3.63, 3.8) is 0 Å². The fourth-order valence-electron chi connectivity index (χ4n) is 13.5. The fourth-order valence-corrected chi connectivity index (χ4v) is 13.5. The molecule has 0 aliphatic heterocycles. The van der Waals surface area contributed by atoms with Crippen molar-refractivity contribution < 1.29 is 0 Å². The minimum atomic E-state index is -0.180. The lowest BCUT2D eigenvalue weighted by Gasteiger charge is -2.30. The van der Waals surface area contributed by atoms with Gasteiger partial charge in [-0.3, -0.25) is 0 Å². The summed E-state index contributed by atoms with van der Waals surface area (Å²) < 4.78 is 0. The van der Waals surface area contributed by atoms with E-state index in [2.05, 4.69) is 218 Å². The van der Waals surface area contributed by atoms with Gasteiger partial charge in [0.05, 0.1) is 5.41 Å². The monoisotopic (exact) mass is 804 g/mol. The molecule has 0 aromatic heterocycles. The van der Waals surface area contributed by atoms with Gasteiger partial charge in [0.1, 0.15) is 0 Å². The van der Waals surface area contributed by atoms with E-state index >= 15 is 0 Å². The Labute approximate surface area is 371 Å². The second-order valence-corrected chi connectivity index (χ2v) is 18.5. The molecule has 1 saturated carbocycles. The number of fused-ring (bicyclic) bond motifs is 22. The molecule has 63 heavy (non-hydrogen) atoms. The Balaban J connectivity index is 0.0000000975. The molecule has 0 amide bonds. The van der Waals surface area contributed by atoms with Crippen LogP contribution in [0.15, 0.2) is 218 Å². The van der Waals surface area contributed by atoms with Gasteiger partial charge in [0.15, 0.2) is 0 Å². The van der Waals surface area contributed by atoms with Crippen molar-refractivity contribution in [1.82, 2.24) is 0 Å². The lowest BCUT2D eigenvalue weighted by atomic mass is 9.70. The first kappa shape index (κ1) is 36.6. The first-order valence-corrected chi connectivity index (χ1v) is 23.1. The summed E-state index contributed by atoms with van der Waals surface area (Å²) in [7, 11) is 0. The van der Waals surface area contributed by atoms with Crippen LogP contribution in [0.4, 0.5) is 0 Å². The summed E-state index contributed by atoms with van der Waals surface area (Å²) in [5, 5.41) is 0. The van der Waals surface area contributed by atoms with Crippen molar-refractivity contribution in [3.05, 3.63) is 274 Å². The van der Waals surface area contributed by atoms with Gasteiger partial charge in [-0.05, 0) is 126 Å². The molecular weight excluding hydrogens is 757 g/mol. The van der Waals surface area contributed by atoms with Gasteiger partial charge in [-0.15, -0.1) is 0 Å². The maximum Gasteiger partial charge on any atom is 0.0725 e. The van der Waals surface area contributed by atoms with Gasteiger partial charge in [0, 0.05) is 10.8 Å². The largest absolute Gasteiger partial charge is 0.0725 e. The third-order valence-corrected chi connectivity index (χ3v) is 15.8. The van der Waals surface area contributed by atoms with E-state index in [1.54, 1.807) is 11.1 Å². The van der Waals surface area contributed by atoms with Gasteiger partial charge in [0.2, 0.25) is 0 Å². The van der Waals surface area contributed by atoms with Crippen molar-refractivity contribution in [1.29, 1.82) is 0 Å². The predicted octanol–water partition coefficient (Wildman–Crippen LogP) is 15.5. The van der Waals surface area contributed by atoms with Gasteiger partial charge in [-0.1, -0.05) is 231 Å². The van der Waals surface area contributed by atoms with Gasteiger partial charge in [-0.25, -0.2) is 0 Å². The second-order valence-electron chi connectivity index (χ2n) is 18.5. The normalized spacial score (nSPS) is 16.6. The molecule has 0 nitrogen and oxygen atoms in total. The summed E-state index contributed by atoms with van der Waals surface area (Å²) in [6.45, 7) is 0. The maximum absolute atomic E-state index is 2.35. The first-order chi connectivity index (χ1) is 31.2. The molecule has 0 bridgehead atoms. The number of benzene rings is 9. The van der Waals surface area contributed by atoms with E-state index < -0.39 is 0 Å². The quantitative estimate of drug-likeness (QED) is 0.143. The van der Waals surface area contributed by atoms with Crippen molar-refractivity contribution in [2.45, 2.75) is 54.8 Å². The molecule has 9 aromatic rings. The van der Waals surface area contributed by atoms with E-state index in [-0.39, 0.29) is 10.8 Å². The summed E-state index contributed by atoms with van der Waals surface area (Å²) >= 11 is 0. The molecule has 15 rings (SSSR count). The summed E-state index contributed by atoms with van der Waals surface area (Å²) in [5.41, 5.74) is 26.4. The molecular formula is C63H48. The number of rotatable bonds is 0. The molecule has 3 spiro atoms. The SMILES string of the molecule is c1ccc2c(c1)-c1ccccc1C21CCCC1.c1ccc2c(c1)-c1ccccc1C21c2ccccc2-c2ccccc21.c1ccc2c(c1)CCC21c2ccccc2-c2ccccc21. The highest BCUT2D eigenvalue weighted by molar-refractivity contribution is 5.95. The van der Waals surface area contributed by atoms with Crippen LogP contribution in [0.1, 0.15) is 87.7 Å². The smallest absolute Gasteiger partial charge is 0.0620 e. The van der Waals surface area contributed by atoms with Crippen LogP contribution in [-0.2, 0) is 22.7 Å². The Morgan fingerprint density at radius 3 is 0.889 bits per heavy atom. The zero-order chi connectivity index (χ0) is 41.6. The van der Waals surface area contributed by atoms with Crippen LogP contribution in [0.3, 0.4) is 0 Å². The Hall–Kier alpha value is -7.02. The molecule has 0 unspecified atom stereocenters. The molecule has 0 radical (unpaired) electrons. The van der Waals surface area contributed by atoms with Crippen molar-refractivity contribution in [3.8, 4) is 44.5 Å². The summed E-state index contributed by atoms with van der Waals surface area (Å²) in [6.07, 6.45) is 7.80. The van der Waals surface area contributed by atoms with Crippen LogP contribution >= 0.6 is 0 Å². The van der Waals surface area contributed by atoms with Crippen molar-refractivity contribution >= 4 is 0 Å². The van der Waals surface area contributed by atoms with Crippen LogP contribution in [-0.4, -0.2) is 0 Å². The van der Waals surface area contributed by atoms with Crippen LogP contribution in [0.25, 0.3) is 44.5 Å². The Morgan fingerprint density at radius 2 is 0.508 bits per heavy atom. The molecule has 0 N–H and O–H groups in total. The summed E-state index contributed by atoms with van der Waals surface area (Å²) in [4.78, 5) is 0. The average molecular weight is 805 g/mol. The van der Waals surface area contributed by atoms with Gasteiger partial charge in [-0.2, -0.15) is 0 Å². The van der Waals surface area contributed by atoms with E-state index in [4.69, 9.17) is 0 Å². The van der Waals surface area contributed by atoms with E-state index in [0.717, 1.165) is 0 Å². The van der Waals surface area contributed by atoms with Crippen LogP contribution in [0.2, 0.25) is 0 Å². The van der Waals surface area contributed by atoms with Crippen LogP contribution < -0.4 is 0 Å². The lowest BCUT2D eigenvalue weighted by molar-refractivity contribution is 0.550. The second kappa shape index (κ2) is 14.0. The molecule has 0 heterocycles. The van der Waals surface area contributed by atoms with Crippen molar-refractivity contribution in [2.24, 2.45) is 0 Å². The zero-order valence-electron chi connectivity index (χ0n) is 35.5. The van der Waals surface area contributed by atoms with Gasteiger partial charge in [0.25, 0.3) is 0 Å². The highest BCUT2D eigenvalue weighted by atomic mass is 14.5. The molecule has 1 fully saturated rings. The van der Waals surface area contributed by atoms with Gasteiger partial charge >= 0.3 is 0 Å². The molecule has 0 atom stereocenters. The highest BCUT2D eigenvalue weighted by Gasteiger charge is 2.52. The first-order valence-electron chi connectivity index (χ1n) is 23.1. The minimum absolute atomic E-state index is 0.0871. The lowest BCUT2D eigenvalue weighted by Crippen LogP contribution is -2.25. The molecule has 300 valence electrons. The number of hydrogen-bond acceptors (Lipinski definition) is 0. The third kappa shape index (κ3) is 4.93. The molecule has 0 heteroatoms. The van der Waals surface area contributed by atoms with Crippen LogP contribution in [0, 0.1) is 0 Å². The Bertz CT molecular complexity index is 2980. The Kier molecular flexibility index (Phi) is 8.14. The number of aryl methyl sites for hydroxylation is 1. The zero-order valence-corrected chi connectivity index (χ0v) is 35.5. The fraction of sp³-hybridized carbons (Fsp3) is 0.143. The topological polar surface area (TPSA) is 0 Å². The minimum Gasteiger partial charge on any atom is -0.0620 e. The third-order valence-electron chi connectivity index (χ3n) is 15.8. The molecule has 6 aliphatic rings. The van der Waals surface area contributed by atoms with E-state index in [0.29, 0.717) is 5.41 Å². The van der Waals surface area contributed by atoms with E-state index in [9.17, 15) is 0 Å². The summed E-state index contributed by atoms with van der Waals surface area (Å²) in [5.74, 6) is 0. The van der Waals surface area contributed by atoms with Crippen molar-refractivity contribution in [2.75, 3.05) is 0 Å². The molecule has 0 saturated heterocycles. The highest BCUT2D eigenvalue weighted by Crippen LogP contribution is 2.63. The Morgan fingerprint density at radius 1 is 0.238 bits per heavy atom. The molecule has 6 aliphatic carbocycles. The van der Waals surface area contributed by atoms with E-state index in [1.165, 1.54) is 128 Å².